The van der Waals surface area contributed by atoms with E-state index in [9.17, 15) is 0 Å². The molecule has 0 aromatic heterocycles. The van der Waals surface area contributed by atoms with Crippen LogP contribution in [0.5, 0.6) is 0 Å². The van der Waals surface area contributed by atoms with Crippen LogP contribution >= 0.6 is 0 Å². The van der Waals surface area contributed by atoms with Crippen molar-refractivity contribution in [3.05, 3.63) is 0 Å². The van der Waals surface area contributed by atoms with Gasteiger partial charge in [0.2, 0.25) is 0 Å². The summed E-state index contributed by atoms with van der Waals surface area (Å²) in [5, 5.41) is 0. The van der Waals surface area contributed by atoms with Crippen LogP contribution < -0.4 is 0 Å². The fourth-order valence-electron chi connectivity index (χ4n) is 2.54. The van der Waals surface area contributed by atoms with E-state index in [0.717, 1.165) is 45.1 Å². The summed E-state index contributed by atoms with van der Waals surface area (Å²) in [6.45, 7) is 5.86. The first-order chi connectivity index (χ1) is 8.61. The maximum absolute atomic E-state index is 5.99. The Balaban J connectivity index is 1.69. The van der Waals surface area contributed by atoms with Crippen molar-refractivity contribution >= 4 is 8.07 Å². The Morgan fingerprint density at radius 3 is 2.33 bits per heavy atom. The van der Waals surface area contributed by atoms with Gasteiger partial charge in [0.25, 0.3) is 0 Å². The van der Waals surface area contributed by atoms with E-state index in [0.29, 0.717) is 12.0 Å². The van der Waals surface area contributed by atoms with Gasteiger partial charge in [-0.05, 0) is 25.7 Å². The Morgan fingerprint density at radius 1 is 1.17 bits per heavy atom. The maximum Gasteiger partial charge on any atom is 0.160 e. The molecule has 2 aliphatic rings. The molecule has 0 radical (unpaired) electrons. The molecule has 0 aromatic carbocycles. The molecule has 1 aliphatic carbocycles. The largest absolute Gasteiger partial charge is 0.380 e. The highest BCUT2D eigenvalue weighted by molar-refractivity contribution is 6.84. The lowest BCUT2D eigenvalue weighted by Crippen LogP contribution is -2.36. The van der Waals surface area contributed by atoms with E-state index in [-0.39, 0.29) is 6.29 Å². The zero-order valence-corrected chi connectivity index (χ0v) is 12.5. The molecule has 0 unspecified atom stereocenters. The van der Waals surface area contributed by atoms with Gasteiger partial charge in [0.15, 0.2) is 14.4 Å². The molecule has 0 atom stereocenters. The van der Waals surface area contributed by atoms with Crippen LogP contribution in [0.2, 0.25) is 13.1 Å². The molecule has 3 nitrogen and oxygen atoms in total. The van der Waals surface area contributed by atoms with Crippen LogP contribution in [0.25, 0.3) is 0 Å². The standard InChI is InChI=1S/C14H24O3Si/c1-4-18(2,3)11-17-13-7-5-12(6-8-13)14-15-9-10-16-14/h1,12-14H,5-11H2,2-3H3. The minimum Gasteiger partial charge on any atom is -0.380 e. The number of terminal acetylenes is 1. The van der Waals surface area contributed by atoms with E-state index >= 15 is 0 Å². The highest BCUT2D eigenvalue weighted by Gasteiger charge is 2.32. The summed E-state index contributed by atoms with van der Waals surface area (Å²) < 4.78 is 17.1. The van der Waals surface area contributed by atoms with Crippen LogP contribution in [0.3, 0.4) is 0 Å². The lowest BCUT2D eigenvalue weighted by molar-refractivity contribution is -0.102. The van der Waals surface area contributed by atoms with Crippen LogP contribution in [0, 0.1) is 17.9 Å². The van der Waals surface area contributed by atoms with Gasteiger partial charge in [0, 0.05) is 5.92 Å². The summed E-state index contributed by atoms with van der Waals surface area (Å²) in [6, 6.07) is 0. The third-order valence-corrected chi connectivity index (χ3v) is 5.49. The molecule has 1 heterocycles. The van der Waals surface area contributed by atoms with Crippen molar-refractivity contribution in [2.24, 2.45) is 5.92 Å². The molecule has 1 saturated carbocycles. The molecule has 0 aromatic rings. The second-order valence-electron chi connectivity index (χ2n) is 5.99. The van der Waals surface area contributed by atoms with Crippen LogP contribution in [0.4, 0.5) is 0 Å². The molecule has 0 spiro atoms. The highest BCUT2D eigenvalue weighted by Crippen LogP contribution is 2.31. The molecular weight excluding hydrogens is 244 g/mol. The quantitative estimate of drug-likeness (QED) is 0.579. The van der Waals surface area contributed by atoms with Gasteiger partial charge < -0.3 is 14.2 Å². The number of hydrogen-bond donors (Lipinski definition) is 0. The highest BCUT2D eigenvalue weighted by atomic mass is 28.3. The SMILES string of the molecule is C#C[Si](C)(C)COC1CCC(C2OCCO2)CC1. The predicted octanol–water partition coefficient (Wildman–Crippen LogP) is 2.35. The number of rotatable bonds is 4. The zero-order chi connectivity index (χ0) is 13.0. The van der Waals surface area contributed by atoms with Gasteiger partial charge in [0.05, 0.1) is 25.5 Å². The zero-order valence-electron chi connectivity index (χ0n) is 11.5. The Morgan fingerprint density at radius 2 is 1.78 bits per heavy atom. The average molecular weight is 268 g/mol. The normalized spacial score (nSPS) is 30.3. The fraction of sp³-hybridized carbons (Fsp3) is 0.857. The van der Waals surface area contributed by atoms with Crippen molar-refractivity contribution in [3.8, 4) is 12.0 Å². The van der Waals surface area contributed by atoms with Gasteiger partial charge in [-0.1, -0.05) is 13.1 Å². The summed E-state index contributed by atoms with van der Waals surface area (Å²) in [6.07, 6.45) is 11.3. The number of hydrogen-bond acceptors (Lipinski definition) is 3. The molecule has 102 valence electrons. The summed E-state index contributed by atoms with van der Waals surface area (Å²) in [7, 11) is -1.55. The molecule has 4 heteroatoms. The van der Waals surface area contributed by atoms with Gasteiger partial charge in [-0.2, -0.15) is 0 Å². The molecule has 0 N–H and O–H groups in total. The molecule has 2 rings (SSSR count). The molecule has 0 bridgehead atoms. The van der Waals surface area contributed by atoms with E-state index in [1.165, 1.54) is 0 Å². The first-order valence-corrected chi connectivity index (χ1v) is 10.1. The summed E-state index contributed by atoms with van der Waals surface area (Å²) in [5.74, 6) is 0.560. The fourth-order valence-corrected chi connectivity index (χ4v) is 3.28. The summed E-state index contributed by atoms with van der Waals surface area (Å²) in [4.78, 5) is 0. The van der Waals surface area contributed by atoms with Crippen molar-refractivity contribution in [2.75, 3.05) is 19.4 Å². The average Bonchev–Trinajstić information content (AvgIpc) is 2.91. The Bertz CT molecular complexity index is 297. The minimum atomic E-state index is -1.55. The lowest BCUT2D eigenvalue weighted by atomic mass is 9.87. The summed E-state index contributed by atoms with van der Waals surface area (Å²) >= 11 is 0. The van der Waals surface area contributed by atoms with Crippen molar-refractivity contribution in [1.82, 2.24) is 0 Å². The van der Waals surface area contributed by atoms with Crippen LogP contribution in [-0.2, 0) is 14.2 Å². The monoisotopic (exact) mass is 268 g/mol. The van der Waals surface area contributed by atoms with E-state index in [4.69, 9.17) is 20.6 Å². The topological polar surface area (TPSA) is 27.7 Å². The Labute approximate surface area is 111 Å². The smallest absolute Gasteiger partial charge is 0.160 e. The van der Waals surface area contributed by atoms with E-state index in [2.05, 4.69) is 18.6 Å². The second kappa shape index (κ2) is 6.20. The first kappa shape index (κ1) is 14.1. The van der Waals surface area contributed by atoms with Crippen molar-refractivity contribution in [3.63, 3.8) is 0 Å². The second-order valence-corrected chi connectivity index (χ2v) is 10.3. The number of ether oxygens (including phenoxy) is 3. The van der Waals surface area contributed by atoms with Crippen LogP contribution in [0.1, 0.15) is 25.7 Å². The van der Waals surface area contributed by atoms with Crippen molar-refractivity contribution in [1.29, 1.82) is 0 Å². The molecule has 18 heavy (non-hydrogen) atoms. The maximum atomic E-state index is 5.99. The van der Waals surface area contributed by atoms with E-state index < -0.39 is 8.07 Å². The van der Waals surface area contributed by atoms with Gasteiger partial charge in [-0.25, -0.2) is 0 Å². The minimum absolute atomic E-state index is 0.0440. The van der Waals surface area contributed by atoms with Crippen molar-refractivity contribution in [2.45, 2.75) is 51.2 Å². The molecular formula is C14H24O3Si. The molecule has 0 amide bonds. The van der Waals surface area contributed by atoms with Gasteiger partial charge in [0.1, 0.15) is 0 Å². The third-order valence-electron chi connectivity index (χ3n) is 3.82. The first-order valence-electron chi connectivity index (χ1n) is 6.93. The summed E-state index contributed by atoms with van der Waals surface area (Å²) in [5.41, 5.74) is 2.91. The van der Waals surface area contributed by atoms with E-state index in [1.54, 1.807) is 0 Å². The van der Waals surface area contributed by atoms with Gasteiger partial charge in [-0.3, -0.25) is 0 Å². The lowest BCUT2D eigenvalue weighted by Gasteiger charge is -2.32. The third kappa shape index (κ3) is 3.82. The predicted molar refractivity (Wildman–Crippen MR) is 73.7 cm³/mol. The van der Waals surface area contributed by atoms with Crippen LogP contribution in [-0.4, -0.2) is 39.9 Å². The van der Waals surface area contributed by atoms with Gasteiger partial charge in [-0.15, -0.1) is 12.0 Å². The molecule has 1 aliphatic heterocycles. The van der Waals surface area contributed by atoms with Crippen molar-refractivity contribution < 1.29 is 14.2 Å². The molecule has 2 fully saturated rings. The molecule has 1 saturated heterocycles. The Kier molecular flexibility index (Phi) is 4.85. The Hall–Kier alpha value is -0.343. The van der Waals surface area contributed by atoms with Gasteiger partial charge >= 0.3 is 0 Å². The van der Waals surface area contributed by atoms with E-state index in [1.807, 2.05) is 0 Å². The van der Waals surface area contributed by atoms with Crippen LogP contribution in [0.15, 0.2) is 0 Å².